The summed E-state index contributed by atoms with van der Waals surface area (Å²) in [5, 5.41) is 5.48. The lowest BCUT2D eigenvalue weighted by Crippen LogP contribution is -2.31. The fraction of sp³-hybridized carbons (Fsp3) is 0.800. The van der Waals surface area contributed by atoms with Crippen molar-refractivity contribution in [3.8, 4) is 0 Å². The lowest BCUT2D eigenvalue weighted by Gasteiger charge is -2.21. The van der Waals surface area contributed by atoms with Gasteiger partial charge in [0.15, 0.2) is 0 Å². The summed E-state index contributed by atoms with van der Waals surface area (Å²) in [5.74, 6) is 0.562. The maximum Gasteiger partial charge on any atom is 0.0849 e. The summed E-state index contributed by atoms with van der Waals surface area (Å²) in [6, 6.07) is 0.323. The van der Waals surface area contributed by atoms with E-state index in [1.54, 1.807) is 0 Å². The van der Waals surface area contributed by atoms with Crippen molar-refractivity contribution < 1.29 is 0 Å². The first-order valence-electron chi connectivity index (χ1n) is 7.67. The molecule has 19 heavy (non-hydrogen) atoms. The van der Waals surface area contributed by atoms with Crippen LogP contribution >= 0.6 is 11.6 Å². The van der Waals surface area contributed by atoms with Crippen LogP contribution in [0.4, 0.5) is 0 Å². The van der Waals surface area contributed by atoms with Gasteiger partial charge in [-0.3, -0.25) is 4.68 Å². The molecular weight excluding hydrogens is 258 g/mol. The Kier molecular flexibility index (Phi) is 5.28. The van der Waals surface area contributed by atoms with Gasteiger partial charge in [-0.05, 0) is 38.5 Å². The van der Waals surface area contributed by atoms with E-state index in [1.807, 2.05) is 0 Å². The first-order chi connectivity index (χ1) is 9.17. The van der Waals surface area contributed by atoms with Gasteiger partial charge in [0, 0.05) is 12.6 Å². The van der Waals surface area contributed by atoms with E-state index in [9.17, 15) is 0 Å². The molecule has 108 valence electrons. The molecule has 0 amide bonds. The van der Waals surface area contributed by atoms with Crippen molar-refractivity contribution >= 4 is 11.6 Å². The summed E-state index contributed by atoms with van der Waals surface area (Å²) >= 11 is 6.49. The van der Waals surface area contributed by atoms with Crippen molar-refractivity contribution in [1.29, 1.82) is 0 Å². The van der Waals surface area contributed by atoms with Crippen LogP contribution in [0.3, 0.4) is 0 Å². The Morgan fingerprint density at radius 3 is 2.68 bits per heavy atom. The van der Waals surface area contributed by atoms with E-state index >= 15 is 0 Å². The Labute approximate surface area is 121 Å². The van der Waals surface area contributed by atoms with Crippen molar-refractivity contribution in [3.05, 3.63) is 16.4 Å². The first kappa shape index (κ1) is 14.9. The second-order valence-electron chi connectivity index (χ2n) is 5.64. The highest BCUT2D eigenvalue weighted by Crippen LogP contribution is 2.29. The number of nitrogens with zero attached hydrogens (tertiary/aromatic N) is 2. The third kappa shape index (κ3) is 3.32. The number of aromatic nitrogens is 2. The second kappa shape index (κ2) is 6.76. The first-order valence-corrected chi connectivity index (χ1v) is 8.04. The molecule has 0 spiro atoms. The number of aryl methyl sites for hydroxylation is 2. The fourth-order valence-electron chi connectivity index (χ4n) is 3.13. The molecule has 0 aromatic carbocycles. The molecule has 2 atom stereocenters. The van der Waals surface area contributed by atoms with Crippen LogP contribution in [0.15, 0.2) is 0 Å². The Hall–Kier alpha value is -0.540. The standard InChI is InChI=1S/C15H26ClN3/c1-3-13-15(16)14(19(4-2)18-13)10-11-8-6-5-7-9-12(11)17/h11-12H,3-10,17H2,1-2H3. The molecule has 1 saturated carbocycles. The van der Waals surface area contributed by atoms with Crippen LogP contribution in [0.2, 0.25) is 5.02 Å². The summed E-state index contributed by atoms with van der Waals surface area (Å²) < 4.78 is 2.07. The van der Waals surface area contributed by atoms with E-state index in [0.29, 0.717) is 12.0 Å². The number of hydrogen-bond acceptors (Lipinski definition) is 2. The van der Waals surface area contributed by atoms with Gasteiger partial charge in [0.25, 0.3) is 0 Å². The van der Waals surface area contributed by atoms with Crippen molar-refractivity contribution in [2.45, 2.75) is 71.4 Å². The Morgan fingerprint density at radius 1 is 1.26 bits per heavy atom. The molecule has 2 N–H and O–H groups in total. The predicted octanol–water partition coefficient (Wildman–Crippen LogP) is 3.57. The summed E-state index contributed by atoms with van der Waals surface area (Å²) in [6.07, 6.45) is 8.17. The number of nitrogens with two attached hydrogens (primary N) is 1. The molecular formula is C15H26ClN3. The SMILES string of the molecule is CCc1nn(CC)c(CC2CCCCCC2N)c1Cl. The third-order valence-corrected chi connectivity index (χ3v) is 4.80. The molecule has 1 aromatic heterocycles. The van der Waals surface area contributed by atoms with E-state index < -0.39 is 0 Å². The molecule has 1 aliphatic rings. The summed E-state index contributed by atoms with van der Waals surface area (Å²) in [7, 11) is 0. The molecule has 0 bridgehead atoms. The molecule has 0 radical (unpaired) electrons. The number of hydrogen-bond donors (Lipinski definition) is 1. The van der Waals surface area contributed by atoms with E-state index in [-0.39, 0.29) is 0 Å². The Bertz CT molecular complexity index is 414. The van der Waals surface area contributed by atoms with E-state index in [4.69, 9.17) is 17.3 Å². The third-order valence-electron chi connectivity index (χ3n) is 4.37. The number of halogens is 1. The monoisotopic (exact) mass is 283 g/mol. The zero-order valence-corrected chi connectivity index (χ0v) is 12.9. The van der Waals surface area contributed by atoms with E-state index in [0.717, 1.165) is 36.5 Å². The lowest BCUT2D eigenvalue weighted by atomic mass is 9.90. The lowest BCUT2D eigenvalue weighted by molar-refractivity contribution is 0.384. The zero-order valence-electron chi connectivity index (χ0n) is 12.2. The van der Waals surface area contributed by atoms with Crippen molar-refractivity contribution in [1.82, 2.24) is 9.78 Å². The van der Waals surface area contributed by atoms with Crippen LogP contribution in [-0.2, 0) is 19.4 Å². The molecule has 1 heterocycles. The van der Waals surface area contributed by atoms with Crippen LogP contribution in [0.25, 0.3) is 0 Å². The second-order valence-corrected chi connectivity index (χ2v) is 6.02. The van der Waals surface area contributed by atoms with E-state index in [1.165, 1.54) is 31.4 Å². The largest absolute Gasteiger partial charge is 0.327 e. The van der Waals surface area contributed by atoms with Gasteiger partial charge >= 0.3 is 0 Å². The highest BCUT2D eigenvalue weighted by molar-refractivity contribution is 6.31. The zero-order chi connectivity index (χ0) is 13.8. The van der Waals surface area contributed by atoms with Gasteiger partial charge in [0.05, 0.1) is 16.4 Å². The fourth-order valence-corrected chi connectivity index (χ4v) is 3.47. The van der Waals surface area contributed by atoms with Crippen LogP contribution in [0, 0.1) is 5.92 Å². The molecule has 3 nitrogen and oxygen atoms in total. The van der Waals surface area contributed by atoms with Gasteiger partial charge < -0.3 is 5.73 Å². The van der Waals surface area contributed by atoms with Crippen LogP contribution in [0.1, 0.15) is 57.3 Å². The summed E-state index contributed by atoms with van der Waals surface area (Å²) in [5.41, 5.74) is 8.56. The average Bonchev–Trinajstić information content (AvgIpc) is 2.57. The molecule has 1 aromatic rings. The van der Waals surface area contributed by atoms with Crippen LogP contribution < -0.4 is 5.73 Å². The molecule has 2 unspecified atom stereocenters. The smallest absolute Gasteiger partial charge is 0.0849 e. The quantitative estimate of drug-likeness (QED) is 0.859. The topological polar surface area (TPSA) is 43.8 Å². The van der Waals surface area contributed by atoms with Gasteiger partial charge in [-0.1, -0.05) is 37.8 Å². The van der Waals surface area contributed by atoms with Gasteiger partial charge in [-0.25, -0.2) is 0 Å². The normalized spacial score (nSPS) is 24.4. The van der Waals surface area contributed by atoms with Gasteiger partial charge in [-0.2, -0.15) is 5.10 Å². The maximum atomic E-state index is 6.49. The highest BCUT2D eigenvalue weighted by Gasteiger charge is 2.24. The maximum absolute atomic E-state index is 6.49. The summed E-state index contributed by atoms with van der Waals surface area (Å²) in [6.45, 7) is 5.12. The minimum absolute atomic E-state index is 0.323. The number of rotatable bonds is 4. The van der Waals surface area contributed by atoms with Crippen LogP contribution in [0.5, 0.6) is 0 Å². The van der Waals surface area contributed by atoms with Gasteiger partial charge in [0.1, 0.15) is 0 Å². The van der Waals surface area contributed by atoms with E-state index in [2.05, 4.69) is 23.6 Å². The van der Waals surface area contributed by atoms with Gasteiger partial charge in [0.2, 0.25) is 0 Å². The molecule has 0 aliphatic heterocycles. The Morgan fingerprint density at radius 2 is 2.00 bits per heavy atom. The van der Waals surface area contributed by atoms with Crippen molar-refractivity contribution in [2.24, 2.45) is 11.7 Å². The molecule has 1 fully saturated rings. The molecule has 0 saturated heterocycles. The molecule has 2 rings (SSSR count). The van der Waals surface area contributed by atoms with Crippen LogP contribution in [-0.4, -0.2) is 15.8 Å². The highest BCUT2D eigenvalue weighted by atomic mass is 35.5. The predicted molar refractivity (Wildman–Crippen MR) is 80.5 cm³/mol. The van der Waals surface area contributed by atoms with Crippen molar-refractivity contribution in [2.75, 3.05) is 0 Å². The van der Waals surface area contributed by atoms with Gasteiger partial charge in [-0.15, -0.1) is 0 Å². The molecule has 1 aliphatic carbocycles. The average molecular weight is 284 g/mol. The molecule has 4 heteroatoms. The summed E-state index contributed by atoms with van der Waals surface area (Å²) in [4.78, 5) is 0. The minimum Gasteiger partial charge on any atom is -0.327 e. The Balaban J connectivity index is 2.19. The minimum atomic E-state index is 0.323. The van der Waals surface area contributed by atoms with Crippen molar-refractivity contribution in [3.63, 3.8) is 0 Å².